The first-order valence-electron chi connectivity index (χ1n) is 8.91. The molecule has 26 heavy (non-hydrogen) atoms. The molecule has 0 unspecified atom stereocenters. The third kappa shape index (κ3) is 3.12. The van der Waals surface area contributed by atoms with Gasteiger partial charge in [0.15, 0.2) is 0 Å². The highest BCUT2D eigenvalue weighted by Gasteiger charge is 2.42. The first-order chi connectivity index (χ1) is 12.7. The minimum atomic E-state index is -0.426. The van der Waals surface area contributed by atoms with Crippen LogP contribution in [-0.2, 0) is 6.61 Å². The summed E-state index contributed by atoms with van der Waals surface area (Å²) in [5.41, 5.74) is 12.7. The predicted molar refractivity (Wildman–Crippen MR) is 101 cm³/mol. The molecule has 0 saturated heterocycles. The van der Waals surface area contributed by atoms with Crippen molar-refractivity contribution >= 4 is 17.6 Å². The van der Waals surface area contributed by atoms with Gasteiger partial charge >= 0.3 is 0 Å². The fourth-order valence-corrected chi connectivity index (χ4v) is 3.74. The number of guanidine groups is 2. The maximum Gasteiger partial charge on any atom is 0.220 e. The van der Waals surface area contributed by atoms with Crippen molar-refractivity contribution in [1.82, 2.24) is 0 Å². The maximum absolute atomic E-state index is 6.24. The van der Waals surface area contributed by atoms with Crippen LogP contribution in [0.2, 0.25) is 0 Å². The van der Waals surface area contributed by atoms with E-state index in [1.807, 2.05) is 41.3 Å². The molecule has 4 rings (SSSR count). The Hall–Kier alpha value is -2.96. The lowest BCUT2D eigenvalue weighted by atomic mass is 9.87. The van der Waals surface area contributed by atoms with Gasteiger partial charge in [-0.15, -0.1) is 0 Å². The summed E-state index contributed by atoms with van der Waals surface area (Å²) in [6.45, 7) is 0.393. The number of rotatable bonds is 4. The van der Waals surface area contributed by atoms with Crippen LogP contribution in [0.25, 0.3) is 0 Å². The molecule has 2 aromatic rings. The van der Waals surface area contributed by atoms with Gasteiger partial charge in [-0.25, -0.2) is 4.99 Å². The van der Waals surface area contributed by atoms with Crippen molar-refractivity contribution < 1.29 is 9.15 Å². The van der Waals surface area contributed by atoms with E-state index in [4.69, 9.17) is 20.6 Å². The molecule has 1 aromatic carbocycles. The molecule has 0 amide bonds. The van der Waals surface area contributed by atoms with E-state index in [-0.39, 0.29) is 5.96 Å². The Morgan fingerprint density at radius 2 is 1.85 bits per heavy atom. The Labute approximate surface area is 152 Å². The van der Waals surface area contributed by atoms with Crippen LogP contribution in [0.3, 0.4) is 0 Å². The number of nitrogens with zero attached hydrogens (tertiary/aromatic N) is 3. The summed E-state index contributed by atoms with van der Waals surface area (Å²) in [4.78, 5) is 10.9. The highest BCUT2D eigenvalue weighted by molar-refractivity contribution is 6.05. The van der Waals surface area contributed by atoms with E-state index in [1.165, 1.54) is 6.42 Å². The van der Waals surface area contributed by atoms with Crippen molar-refractivity contribution in [1.29, 1.82) is 0 Å². The minimum Gasteiger partial charge on any atom is -0.486 e. The monoisotopic (exact) mass is 353 g/mol. The molecule has 2 aliphatic rings. The zero-order valence-electron chi connectivity index (χ0n) is 14.6. The second kappa shape index (κ2) is 6.74. The SMILES string of the molecule is NC1=NC2(CCCCC2)N(c2ccc(OCc3ccco3)cc2)C(N)=N1. The van der Waals surface area contributed by atoms with Crippen LogP contribution in [-0.4, -0.2) is 17.6 Å². The third-order valence-corrected chi connectivity index (χ3v) is 4.91. The summed E-state index contributed by atoms with van der Waals surface area (Å²) >= 11 is 0. The van der Waals surface area contributed by atoms with Crippen molar-refractivity contribution in [2.75, 3.05) is 4.90 Å². The number of benzene rings is 1. The molecule has 136 valence electrons. The first-order valence-corrected chi connectivity index (χ1v) is 8.91. The Morgan fingerprint density at radius 1 is 1.08 bits per heavy atom. The predicted octanol–water partition coefficient (Wildman–Crippen LogP) is 2.97. The molecule has 0 radical (unpaired) electrons. The molecular weight excluding hydrogens is 330 g/mol. The molecule has 1 saturated carbocycles. The second-order valence-electron chi connectivity index (χ2n) is 6.68. The van der Waals surface area contributed by atoms with E-state index in [2.05, 4.69) is 9.98 Å². The summed E-state index contributed by atoms with van der Waals surface area (Å²) in [6, 6.07) is 11.5. The third-order valence-electron chi connectivity index (χ3n) is 4.91. The van der Waals surface area contributed by atoms with Crippen molar-refractivity contribution in [2.24, 2.45) is 21.5 Å². The van der Waals surface area contributed by atoms with Crippen LogP contribution in [0, 0.1) is 0 Å². The van der Waals surface area contributed by atoms with Gasteiger partial charge in [-0.05, 0) is 62.1 Å². The lowest BCUT2D eigenvalue weighted by molar-refractivity contribution is 0.270. The van der Waals surface area contributed by atoms with Crippen LogP contribution in [0.5, 0.6) is 5.75 Å². The van der Waals surface area contributed by atoms with E-state index >= 15 is 0 Å². The summed E-state index contributed by atoms with van der Waals surface area (Å²) < 4.78 is 11.0. The fourth-order valence-electron chi connectivity index (χ4n) is 3.74. The van der Waals surface area contributed by atoms with Gasteiger partial charge in [0, 0.05) is 5.69 Å². The lowest BCUT2D eigenvalue weighted by Gasteiger charge is -2.45. The number of furan rings is 1. The van der Waals surface area contributed by atoms with E-state index in [9.17, 15) is 0 Å². The molecular formula is C19H23N5O2. The molecule has 1 spiro atoms. The highest BCUT2D eigenvalue weighted by Crippen LogP contribution is 2.39. The van der Waals surface area contributed by atoms with E-state index in [1.54, 1.807) is 6.26 Å². The van der Waals surface area contributed by atoms with Crippen molar-refractivity contribution in [2.45, 2.75) is 44.4 Å². The number of anilines is 1. The summed E-state index contributed by atoms with van der Waals surface area (Å²) in [5.74, 6) is 2.20. The Kier molecular flexibility index (Phi) is 4.28. The molecule has 2 heterocycles. The number of hydrogen-bond acceptors (Lipinski definition) is 7. The number of hydrogen-bond donors (Lipinski definition) is 2. The molecule has 7 heteroatoms. The molecule has 1 fully saturated rings. The van der Waals surface area contributed by atoms with Crippen molar-refractivity contribution in [3.8, 4) is 5.75 Å². The highest BCUT2D eigenvalue weighted by atomic mass is 16.5. The lowest BCUT2D eigenvalue weighted by Crippen LogP contribution is -2.58. The quantitative estimate of drug-likeness (QED) is 0.880. The first kappa shape index (κ1) is 16.5. The summed E-state index contributed by atoms with van der Waals surface area (Å²) in [6.07, 6.45) is 6.88. The van der Waals surface area contributed by atoms with E-state index in [0.717, 1.165) is 42.9 Å². The van der Waals surface area contributed by atoms with Crippen LogP contribution in [0.1, 0.15) is 37.9 Å². The summed E-state index contributed by atoms with van der Waals surface area (Å²) in [7, 11) is 0. The van der Waals surface area contributed by atoms with E-state index < -0.39 is 5.66 Å². The Balaban J connectivity index is 1.56. The fraction of sp³-hybridized carbons (Fsp3) is 0.368. The number of nitrogens with two attached hydrogens (primary N) is 2. The van der Waals surface area contributed by atoms with Gasteiger partial charge in [-0.2, -0.15) is 4.99 Å². The zero-order valence-corrected chi connectivity index (χ0v) is 14.6. The van der Waals surface area contributed by atoms with Gasteiger partial charge in [0.05, 0.1) is 6.26 Å². The van der Waals surface area contributed by atoms with Crippen LogP contribution < -0.4 is 21.1 Å². The average Bonchev–Trinajstić information content (AvgIpc) is 3.14. The van der Waals surface area contributed by atoms with Gasteiger partial charge in [-0.3, -0.25) is 4.90 Å². The summed E-state index contributed by atoms with van der Waals surface area (Å²) in [5, 5.41) is 0. The van der Waals surface area contributed by atoms with Crippen LogP contribution in [0.15, 0.2) is 57.1 Å². The van der Waals surface area contributed by atoms with Gasteiger partial charge in [0.2, 0.25) is 11.9 Å². The van der Waals surface area contributed by atoms with Gasteiger partial charge < -0.3 is 20.6 Å². The second-order valence-corrected chi connectivity index (χ2v) is 6.68. The molecule has 1 aromatic heterocycles. The normalized spacial score (nSPS) is 19.2. The van der Waals surface area contributed by atoms with Gasteiger partial charge in [0.1, 0.15) is 23.8 Å². The molecule has 4 N–H and O–H groups in total. The van der Waals surface area contributed by atoms with Crippen molar-refractivity contribution in [3.05, 3.63) is 48.4 Å². The van der Waals surface area contributed by atoms with Crippen LogP contribution >= 0.6 is 0 Å². The molecule has 0 bridgehead atoms. The molecule has 7 nitrogen and oxygen atoms in total. The molecule has 1 aliphatic carbocycles. The topological polar surface area (TPSA) is 102 Å². The van der Waals surface area contributed by atoms with E-state index in [0.29, 0.717) is 12.6 Å². The smallest absolute Gasteiger partial charge is 0.220 e. The van der Waals surface area contributed by atoms with Crippen LogP contribution in [0.4, 0.5) is 5.69 Å². The molecule has 1 aliphatic heterocycles. The average molecular weight is 353 g/mol. The Bertz CT molecular complexity index is 805. The van der Waals surface area contributed by atoms with Crippen molar-refractivity contribution in [3.63, 3.8) is 0 Å². The van der Waals surface area contributed by atoms with Gasteiger partial charge in [-0.1, -0.05) is 6.42 Å². The zero-order chi connectivity index (χ0) is 18.0. The largest absolute Gasteiger partial charge is 0.486 e. The number of ether oxygens (including phenoxy) is 1. The maximum atomic E-state index is 6.24. The number of aliphatic imine (C=N–C) groups is 2. The minimum absolute atomic E-state index is 0.263. The van der Waals surface area contributed by atoms with Gasteiger partial charge in [0.25, 0.3) is 0 Å². The molecule has 0 atom stereocenters. The Morgan fingerprint density at radius 3 is 2.54 bits per heavy atom. The standard InChI is InChI=1S/C19H23N5O2/c20-17-22-18(21)24(19(23-17)10-2-1-3-11-19)14-6-8-15(9-7-14)26-13-16-5-4-12-25-16/h4-9,12H,1-3,10-11,13H2,(H4,20,21,22,23).